The molecule has 26 heavy (non-hydrogen) atoms. The van der Waals surface area contributed by atoms with E-state index in [0.717, 1.165) is 48.1 Å². The van der Waals surface area contributed by atoms with Gasteiger partial charge in [0.25, 0.3) is 0 Å². The smallest absolute Gasteiger partial charge is 0.231 e. The molecule has 2 aromatic carbocycles. The molecule has 2 N–H and O–H groups in total. The van der Waals surface area contributed by atoms with E-state index in [1.54, 1.807) is 6.07 Å². The first kappa shape index (κ1) is 18.9. The summed E-state index contributed by atoms with van der Waals surface area (Å²) in [4.78, 5) is 16.1. The molecule has 0 saturated carbocycles. The first-order valence-corrected chi connectivity index (χ1v) is 9.92. The summed E-state index contributed by atoms with van der Waals surface area (Å²) < 4.78 is 0.969. The number of hydrogen-bond acceptors (Lipinski definition) is 2. The van der Waals surface area contributed by atoms with Gasteiger partial charge in [0.05, 0.1) is 19.0 Å². The van der Waals surface area contributed by atoms with Crippen LogP contribution in [0.4, 0.5) is 0 Å². The van der Waals surface area contributed by atoms with Crippen LogP contribution in [0.3, 0.4) is 0 Å². The Balaban J connectivity index is 1.60. The zero-order chi connectivity index (χ0) is 18.5. The van der Waals surface area contributed by atoms with Crippen molar-refractivity contribution in [1.82, 2.24) is 4.90 Å². The highest BCUT2D eigenvalue weighted by atomic mass is 79.9. The summed E-state index contributed by atoms with van der Waals surface area (Å²) in [6, 6.07) is 15.6. The molecule has 1 heterocycles. The van der Waals surface area contributed by atoms with Gasteiger partial charge in [0, 0.05) is 23.6 Å². The molecule has 138 valence electrons. The fourth-order valence-corrected chi connectivity index (χ4v) is 4.14. The number of aromatic hydroxyl groups is 1. The van der Waals surface area contributed by atoms with E-state index in [-0.39, 0.29) is 11.8 Å². The van der Waals surface area contributed by atoms with Gasteiger partial charge in [-0.2, -0.15) is 0 Å². The van der Waals surface area contributed by atoms with Crippen LogP contribution in [0.25, 0.3) is 0 Å². The van der Waals surface area contributed by atoms with Gasteiger partial charge in [0.1, 0.15) is 12.3 Å². The monoisotopic (exact) mass is 417 g/mol. The summed E-state index contributed by atoms with van der Waals surface area (Å²) in [6.45, 7) is 3.26. The van der Waals surface area contributed by atoms with Crippen LogP contribution < -0.4 is 4.90 Å². The number of phenols is 1. The summed E-state index contributed by atoms with van der Waals surface area (Å²) in [5, 5.41) is 10.1. The van der Waals surface area contributed by atoms with Gasteiger partial charge >= 0.3 is 0 Å². The molecule has 5 heteroatoms. The molecule has 2 atom stereocenters. The number of carbonyl (C=O) groups excluding carboxylic acids is 1. The summed E-state index contributed by atoms with van der Waals surface area (Å²) in [5.41, 5.74) is 2.09. The highest BCUT2D eigenvalue weighted by molar-refractivity contribution is 9.10. The van der Waals surface area contributed by atoms with Crippen molar-refractivity contribution >= 4 is 21.8 Å². The van der Waals surface area contributed by atoms with Gasteiger partial charge in [-0.1, -0.05) is 46.3 Å². The number of halogens is 1. The number of nitrogens with one attached hydrogen (secondary N) is 1. The molecule has 1 aliphatic heterocycles. The van der Waals surface area contributed by atoms with E-state index >= 15 is 0 Å². The van der Waals surface area contributed by atoms with Gasteiger partial charge in [-0.25, -0.2) is 0 Å². The first-order valence-electron chi connectivity index (χ1n) is 9.13. The predicted molar refractivity (Wildman–Crippen MR) is 106 cm³/mol. The number of rotatable bonds is 5. The average molecular weight is 418 g/mol. The van der Waals surface area contributed by atoms with Crippen LogP contribution >= 0.6 is 15.9 Å². The van der Waals surface area contributed by atoms with Crippen molar-refractivity contribution in [1.29, 1.82) is 0 Å². The molecule has 1 fully saturated rings. The standard InChI is InChI=1S/C21H25BrN2O2/c1-23(13-16-6-3-2-4-7-16)21(26)17-8-5-11-24(14-17)15-18-12-19(22)9-10-20(18)25/h2-4,6-7,9-10,12,17,25H,5,8,11,13-15H2,1H3/p+1. The second-order valence-corrected chi connectivity index (χ2v) is 8.09. The quantitative estimate of drug-likeness (QED) is 0.784. The van der Waals surface area contributed by atoms with Crippen LogP contribution in [0.1, 0.15) is 24.0 Å². The highest BCUT2D eigenvalue weighted by Gasteiger charge is 2.31. The van der Waals surface area contributed by atoms with E-state index in [0.29, 0.717) is 12.3 Å². The fraction of sp³-hybridized carbons (Fsp3) is 0.381. The van der Waals surface area contributed by atoms with Crippen LogP contribution in [0.5, 0.6) is 5.75 Å². The van der Waals surface area contributed by atoms with Crippen molar-refractivity contribution in [2.45, 2.75) is 25.9 Å². The maximum atomic E-state index is 12.9. The number of nitrogens with zero attached hydrogens (tertiary/aromatic N) is 1. The molecule has 0 aliphatic carbocycles. The number of quaternary nitrogens is 1. The molecule has 1 aliphatic rings. The SMILES string of the molecule is CN(Cc1ccccc1)C(=O)C1CCC[NH+](Cc2cc(Br)ccc2O)C1. The lowest BCUT2D eigenvalue weighted by molar-refractivity contribution is -0.921. The molecule has 4 nitrogen and oxygen atoms in total. The Hall–Kier alpha value is -1.85. The van der Waals surface area contributed by atoms with Crippen molar-refractivity contribution in [3.05, 3.63) is 64.1 Å². The number of carbonyl (C=O) groups is 1. The summed E-state index contributed by atoms with van der Waals surface area (Å²) in [6.07, 6.45) is 1.99. The Morgan fingerprint density at radius 3 is 2.81 bits per heavy atom. The molecule has 2 unspecified atom stereocenters. The topological polar surface area (TPSA) is 45.0 Å². The van der Waals surface area contributed by atoms with Crippen LogP contribution in [0, 0.1) is 5.92 Å². The zero-order valence-corrected chi connectivity index (χ0v) is 16.7. The molecule has 0 bridgehead atoms. The third kappa shape index (κ3) is 4.86. The van der Waals surface area contributed by atoms with E-state index in [9.17, 15) is 9.90 Å². The van der Waals surface area contributed by atoms with Crippen molar-refractivity contribution in [2.75, 3.05) is 20.1 Å². The largest absolute Gasteiger partial charge is 0.507 e. The Morgan fingerprint density at radius 1 is 1.27 bits per heavy atom. The van der Waals surface area contributed by atoms with Gasteiger partial charge in [-0.15, -0.1) is 0 Å². The molecule has 1 amide bonds. The number of phenolic OH excluding ortho intramolecular Hbond substituents is 1. The number of hydrogen-bond donors (Lipinski definition) is 2. The molecular weight excluding hydrogens is 392 g/mol. The second-order valence-electron chi connectivity index (χ2n) is 7.17. The van der Waals surface area contributed by atoms with Gasteiger partial charge < -0.3 is 14.9 Å². The number of amides is 1. The maximum absolute atomic E-state index is 12.9. The van der Waals surface area contributed by atoms with Crippen molar-refractivity contribution in [3.63, 3.8) is 0 Å². The van der Waals surface area contributed by atoms with Crippen LogP contribution in [-0.2, 0) is 17.9 Å². The summed E-state index contributed by atoms with van der Waals surface area (Å²) >= 11 is 3.47. The molecule has 0 spiro atoms. The Bertz CT molecular complexity index is 751. The third-order valence-corrected chi connectivity index (χ3v) is 5.58. The van der Waals surface area contributed by atoms with Crippen molar-refractivity contribution in [3.8, 4) is 5.75 Å². The average Bonchev–Trinajstić information content (AvgIpc) is 2.65. The molecule has 1 saturated heterocycles. The fourth-order valence-electron chi connectivity index (χ4n) is 3.73. The van der Waals surface area contributed by atoms with Gasteiger partial charge in [0.2, 0.25) is 5.91 Å². The second kappa shape index (κ2) is 8.69. The van der Waals surface area contributed by atoms with E-state index in [4.69, 9.17) is 0 Å². The molecule has 3 rings (SSSR count). The van der Waals surface area contributed by atoms with E-state index in [1.165, 1.54) is 4.90 Å². The predicted octanol–water partition coefficient (Wildman–Crippen LogP) is 2.61. The lowest BCUT2D eigenvalue weighted by atomic mass is 9.96. The maximum Gasteiger partial charge on any atom is 0.231 e. The molecule has 0 aromatic heterocycles. The van der Waals surface area contributed by atoms with E-state index in [2.05, 4.69) is 28.1 Å². The highest BCUT2D eigenvalue weighted by Crippen LogP contribution is 2.21. The first-order chi connectivity index (χ1) is 12.5. The summed E-state index contributed by atoms with van der Waals surface area (Å²) in [5.74, 6) is 0.613. The van der Waals surface area contributed by atoms with Crippen LogP contribution in [0.2, 0.25) is 0 Å². The van der Waals surface area contributed by atoms with Gasteiger partial charge in [-0.05, 0) is 36.6 Å². The lowest BCUT2D eigenvalue weighted by Crippen LogP contribution is -3.12. The number of likely N-dealkylation sites (tertiary alicyclic amines) is 1. The normalized spacial score (nSPS) is 19.9. The number of benzene rings is 2. The molecule has 0 radical (unpaired) electrons. The zero-order valence-electron chi connectivity index (χ0n) is 15.1. The minimum absolute atomic E-state index is 0.0572. The van der Waals surface area contributed by atoms with Gasteiger partial charge in [0.15, 0.2) is 0 Å². The van der Waals surface area contributed by atoms with Crippen LogP contribution in [0.15, 0.2) is 53.0 Å². The molecule has 2 aromatic rings. The minimum atomic E-state index is 0.0572. The third-order valence-electron chi connectivity index (χ3n) is 5.09. The van der Waals surface area contributed by atoms with Crippen LogP contribution in [-0.4, -0.2) is 36.1 Å². The Morgan fingerprint density at radius 2 is 2.04 bits per heavy atom. The minimum Gasteiger partial charge on any atom is -0.507 e. The van der Waals surface area contributed by atoms with E-state index < -0.39 is 0 Å². The van der Waals surface area contributed by atoms with Gasteiger partial charge in [-0.3, -0.25) is 4.79 Å². The lowest BCUT2D eigenvalue weighted by Gasteiger charge is -2.31. The summed E-state index contributed by atoms with van der Waals surface area (Å²) in [7, 11) is 1.89. The Kier molecular flexibility index (Phi) is 6.33. The Labute approximate surface area is 163 Å². The van der Waals surface area contributed by atoms with E-state index in [1.807, 2.05) is 42.3 Å². The molecular formula is C21H26BrN2O2+. The number of piperidine rings is 1. The van der Waals surface area contributed by atoms with Crippen molar-refractivity contribution < 1.29 is 14.8 Å². The van der Waals surface area contributed by atoms with Crippen molar-refractivity contribution in [2.24, 2.45) is 5.92 Å².